The van der Waals surface area contributed by atoms with Crippen molar-refractivity contribution in [2.75, 3.05) is 13.6 Å². The molecule has 2 rings (SSSR count). The summed E-state index contributed by atoms with van der Waals surface area (Å²) in [6, 6.07) is 12.4. The lowest BCUT2D eigenvalue weighted by Gasteiger charge is -2.13. The van der Waals surface area contributed by atoms with Gasteiger partial charge in [0.05, 0.1) is 12.0 Å². The van der Waals surface area contributed by atoms with Gasteiger partial charge in [-0.05, 0) is 73.7 Å². The van der Waals surface area contributed by atoms with Crippen molar-refractivity contribution in [1.82, 2.24) is 4.90 Å². The Morgan fingerprint density at radius 3 is 2.41 bits per heavy atom. The van der Waals surface area contributed by atoms with Crippen LogP contribution in [0.2, 0.25) is 5.02 Å². The average Bonchev–Trinajstić information content (AvgIpc) is 2.48. The molecule has 0 bridgehead atoms. The van der Waals surface area contributed by atoms with Crippen LogP contribution in [0.4, 0.5) is 5.69 Å². The van der Waals surface area contributed by atoms with Crippen LogP contribution in [0.3, 0.4) is 0 Å². The van der Waals surface area contributed by atoms with Crippen LogP contribution in [-0.4, -0.2) is 24.8 Å². The largest absolute Gasteiger partial charge is 0.366 e. The number of hydrogen-bond acceptors (Lipinski definition) is 1. The minimum absolute atomic E-state index is 0.789. The third-order valence-electron chi connectivity index (χ3n) is 3.85. The van der Waals surface area contributed by atoms with Gasteiger partial charge in [0.15, 0.2) is 0 Å². The molecule has 0 N–H and O–H groups in total. The molecule has 0 saturated carbocycles. The van der Waals surface area contributed by atoms with Crippen LogP contribution >= 0.6 is 11.6 Å². The van der Waals surface area contributed by atoms with Crippen LogP contribution in [0.25, 0.3) is 0 Å². The van der Waals surface area contributed by atoms with Crippen LogP contribution in [-0.2, 0) is 6.42 Å². The third kappa shape index (κ3) is 4.35. The molecule has 0 unspecified atom stereocenters. The second kappa shape index (κ2) is 7.46. The number of hydrogen-bond donors (Lipinski definition) is 0. The first-order chi connectivity index (χ1) is 10.5. The highest BCUT2D eigenvalue weighted by Gasteiger charge is 2.06. The van der Waals surface area contributed by atoms with Crippen LogP contribution < -0.4 is 0 Å². The van der Waals surface area contributed by atoms with E-state index in [-0.39, 0.29) is 0 Å². The van der Waals surface area contributed by atoms with Gasteiger partial charge in [-0.15, -0.1) is 0 Å². The lowest BCUT2D eigenvalue weighted by Crippen LogP contribution is -2.14. The Labute approximate surface area is 138 Å². The van der Waals surface area contributed by atoms with Crippen molar-refractivity contribution in [2.45, 2.75) is 27.2 Å². The van der Waals surface area contributed by atoms with E-state index in [1.807, 2.05) is 31.6 Å². The molecule has 0 fully saturated rings. The van der Waals surface area contributed by atoms with Gasteiger partial charge in [-0.3, -0.25) is 0 Å². The molecule has 0 spiro atoms. The van der Waals surface area contributed by atoms with Gasteiger partial charge in [0.2, 0.25) is 0 Å². The number of aliphatic imine (C=N–C) groups is 1. The van der Waals surface area contributed by atoms with E-state index >= 15 is 0 Å². The van der Waals surface area contributed by atoms with Gasteiger partial charge in [0.25, 0.3) is 0 Å². The van der Waals surface area contributed by atoms with Crippen molar-refractivity contribution >= 4 is 23.6 Å². The molecule has 0 amide bonds. The number of nitrogens with zero attached hydrogens (tertiary/aromatic N) is 2. The van der Waals surface area contributed by atoms with E-state index < -0.39 is 0 Å². The fourth-order valence-electron chi connectivity index (χ4n) is 2.42. The molecule has 2 aromatic rings. The van der Waals surface area contributed by atoms with Crippen molar-refractivity contribution in [3.8, 4) is 0 Å². The fourth-order valence-corrected chi connectivity index (χ4v) is 2.63. The Balaban J connectivity index is 2.25. The molecule has 0 atom stereocenters. The smallest absolute Gasteiger partial charge is 0.0909 e. The van der Waals surface area contributed by atoms with E-state index in [1.54, 1.807) is 0 Å². The molecular weight excluding hydrogens is 292 g/mol. The highest BCUT2D eigenvalue weighted by Crippen LogP contribution is 2.25. The molecule has 2 nitrogen and oxygen atoms in total. The summed E-state index contributed by atoms with van der Waals surface area (Å²) in [5.74, 6) is 0. The Hall–Kier alpha value is -1.80. The van der Waals surface area contributed by atoms with Gasteiger partial charge in [-0.2, -0.15) is 0 Å². The molecule has 22 heavy (non-hydrogen) atoms. The van der Waals surface area contributed by atoms with Crippen molar-refractivity contribution in [2.24, 2.45) is 4.99 Å². The predicted octanol–water partition coefficient (Wildman–Crippen LogP) is 5.16. The predicted molar refractivity (Wildman–Crippen MR) is 96.6 cm³/mol. The van der Waals surface area contributed by atoms with Crippen LogP contribution in [0, 0.1) is 13.8 Å². The summed E-state index contributed by atoms with van der Waals surface area (Å²) in [4.78, 5) is 6.60. The van der Waals surface area contributed by atoms with Crippen LogP contribution in [0.5, 0.6) is 0 Å². The first-order valence-electron chi connectivity index (χ1n) is 7.58. The van der Waals surface area contributed by atoms with Gasteiger partial charge in [0.1, 0.15) is 0 Å². The van der Waals surface area contributed by atoms with Crippen molar-refractivity contribution in [3.63, 3.8) is 0 Å². The zero-order valence-electron chi connectivity index (χ0n) is 13.7. The molecule has 3 heteroatoms. The highest BCUT2D eigenvalue weighted by molar-refractivity contribution is 6.30. The molecule has 0 aliphatic carbocycles. The first-order valence-corrected chi connectivity index (χ1v) is 7.96. The third-order valence-corrected chi connectivity index (χ3v) is 4.09. The lowest BCUT2D eigenvalue weighted by molar-refractivity contribution is 0.552. The molecular formula is C19H23ClN2. The number of benzene rings is 2. The fraction of sp³-hybridized carbons (Fsp3) is 0.316. The summed E-state index contributed by atoms with van der Waals surface area (Å²) in [5.41, 5.74) is 6.13. The quantitative estimate of drug-likeness (QED) is 0.550. The normalized spacial score (nSPS) is 11.1. The molecule has 0 aliphatic rings. The Bertz CT molecular complexity index is 654. The summed E-state index contributed by atoms with van der Waals surface area (Å²) in [6.45, 7) is 7.36. The van der Waals surface area contributed by atoms with Crippen LogP contribution in [0.1, 0.15) is 29.2 Å². The van der Waals surface area contributed by atoms with Gasteiger partial charge >= 0.3 is 0 Å². The molecule has 0 aromatic heterocycles. The maximum absolute atomic E-state index is 6.08. The Morgan fingerprint density at radius 1 is 1.14 bits per heavy atom. The summed E-state index contributed by atoms with van der Waals surface area (Å²) in [6.07, 6.45) is 2.78. The van der Waals surface area contributed by atoms with E-state index in [9.17, 15) is 0 Å². The molecule has 2 aromatic carbocycles. The minimum atomic E-state index is 0.789. The van der Waals surface area contributed by atoms with Crippen molar-refractivity contribution in [1.29, 1.82) is 0 Å². The highest BCUT2D eigenvalue weighted by atomic mass is 35.5. The minimum Gasteiger partial charge on any atom is -0.366 e. The van der Waals surface area contributed by atoms with Crippen LogP contribution in [0.15, 0.2) is 41.4 Å². The topological polar surface area (TPSA) is 15.6 Å². The molecule has 0 saturated heterocycles. The SMILES string of the molecule is CCN(C)C=Nc1cc(C)c(Cc2cccc(Cl)c2)c(C)c1. The van der Waals surface area contributed by atoms with Gasteiger partial charge in [0, 0.05) is 18.6 Å². The second-order valence-corrected chi connectivity index (χ2v) is 6.12. The standard InChI is InChI=1S/C19H23ClN2/c1-5-22(4)13-21-18-9-14(2)19(15(3)10-18)12-16-7-6-8-17(20)11-16/h6-11,13H,5,12H2,1-4H3. The Morgan fingerprint density at radius 2 is 1.82 bits per heavy atom. The molecule has 0 heterocycles. The van der Waals surface area contributed by atoms with E-state index in [4.69, 9.17) is 11.6 Å². The zero-order valence-corrected chi connectivity index (χ0v) is 14.5. The average molecular weight is 315 g/mol. The van der Waals surface area contributed by atoms with Gasteiger partial charge < -0.3 is 4.90 Å². The van der Waals surface area contributed by atoms with E-state index in [0.29, 0.717) is 0 Å². The summed E-state index contributed by atoms with van der Waals surface area (Å²) < 4.78 is 0. The monoisotopic (exact) mass is 314 g/mol. The van der Waals surface area contributed by atoms with Gasteiger partial charge in [-0.25, -0.2) is 4.99 Å². The summed E-state index contributed by atoms with van der Waals surface area (Å²) >= 11 is 6.08. The van der Waals surface area contributed by atoms with Gasteiger partial charge in [-0.1, -0.05) is 23.7 Å². The molecule has 0 radical (unpaired) electrons. The Kier molecular flexibility index (Phi) is 5.62. The zero-order chi connectivity index (χ0) is 16.1. The first kappa shape index (κ1) is 16.6. The molecule has 116 valence electrons. The number of aryl methyl sites for hydroxylation is 2. The van der Waals surface area contributed by atoms with Crippen molar-refractivity contribution in [3.05, 3.63) is 63.7 Å². The second-order valence-electron chi connectivity index (χ2n) is 5.68. The maximum atomic E-state index is 6.08. The van der Waals surface area contributed by atoms with Crippen molar-refractivity contribution < 1.29 is 0 Å². The number of rotatable bonds is 5. The van der Waals surface area contributed by atoms with E-state index in [1.165, 1.54) is 22.3 Å². The van der Waals surface area contributed by atoms with E-state index in [0.717, 1.165) is 23.7 Å². The maximum Gasteiger partial charge on any atom is 0.0909 e. The summed E-state index contributed by atoms with van der Waals surface area (Å²) in [5, 5.41) is 0.789. The summed E-state index contributed by atoms with van der Waals surface area (Å²) in [7, 11) is 2.02. The lowest BCUT2D eigenvalue weighted by atomic mass is 9.95. The molecule has 0 aliphatic heterocycles. The number of halogens is 1. The van der Waals surface area contributed by atoms with E-state index in [2.05, 4.69) is 48.9 Å².